The van der Waals surface area contributed by atoms with Crippen LogP contribution in [0.3, 0.4) is 0 Å². The average Bonchev–Trinajstić information content (AvgIpc) is 2.74. The number of para-hydroxylation sites is 1. The van der Waals surface area contributed by atoms with Crippen LogP contribution in [0.15, 0.2) is 79.3 Å². The number of fused-ring (bicyclic) bond motifs is 1. The van der Waals surface area contributed by atoms with Crippen LogP contribution in [0.25, 0.3) is 10.9 Å². The van der Waals surface area contributed by atoms with Crippen LogP contribution in [0.2, 0.25) is 0 Å². The van der Waals surface area contributed by atoms with E-state index >= 15 is 0 Å². The van der Waals surface area contributed by atoms with E-state index in [9.17, 15) is 4.79 Å². The maximum absolute atomic E-state index is 12.6. The maximum Gasteiger partial charge on any atom is 0.257 e. The number of aromatic nitrogens is 2. The summed E-state index contributed by atoms with van der Waals surface area (Å²) < 4.78 is 5.18. The Morgan fingerprint density at radius 1 is 0.964 bits per heavy atom. The minimum absolute atomic E-state index is 0.250. The molecular formula is C22H18N4O2. The van der Waals surface area contributed by atoms with Gasteiger partial charge in [-0.3, -0.25) is 14.8 Å². The normalized spacial score (nSPS) is 10.5. The highest BCUT2D eigenvalue weighted by Gasteiger charge is 2.09. The van der Waals surface area contributed by atoms with Gasteiger partial charge in [-0.1, -0.05) is 24.3 Å². The SMILES string of the molecule is COc1cccc(NC(=O)c2cncc(Nc3cccc4cccnc34)c2)c1. The van der Waals surface area contributed by atoms with Gasteiger partial charge in [0, 0.05) is 29.5 Å². The second kappa shape index (κ2) is 7.75. The van der Waals surface area contributed by atoms with Crippen LogP contribution in [-0.4, -0.2) is 23.0 Å². The van der Waals surface area contributed by atoms with Crippen molar-refractivity contribution in [1.82, 2.24) is 9.97 Å². The molecule has 6 heteroatoms. The molecule has 2 N–H and O–H groups in total. The molecule has 138 valence electrons. The Morgan fingerprint density at radius 2 is 1.82 bits per heavy atom. The van der Waals surface area contributed by atoms with Gasteiger partial charge >= 0.3 is 0 Å². The Bertz CT molecular complexity index is 1140. The largest absolute Gasteiger partial charge is 0.497 e. The van der Waals surface area contributed by atoms with Gasteiger partial charge in [-0.2, -0.15) is 0 Å². The second-order valence-electron chi connectivity index (χ2n) is 6.15. The van der Waals surface area contributed by atoms with E-state index in [4.69, 9.17) is 4.74 Å². The summed E-state index contributed by atoms with van der Waals surface area (Å²) in [5, 5.41) is 7.19. The van der Waals surface area contributed by atoms with Gasteiger partial charge in [-0.15, -0.1) is 0 Å². The number of methoxy groups -OCH3 is 1. The number of nitrogens with one attached hydrogen (secondary N) is 2. The molecule has 28 heavy (non-hydrogen) atoms. The number of rotatable bonds is 5. The predicted molar refractivity (Wildman–Crippen MR) is 110 cm³/mol. The molecule has 0 bridgehead atoms. The minimum Gasteiger partial charge on any atom is -0.497 e. The minimum atomic E-state index is -0.250. The molecule has 0 unspecified atom stereocenters. The average molecular weight is 370 g/mol. The summed E-state index contributed by atoms with van der Waals surface area (Å²) in [6, 6.07) is 18.8. The molecule has 0 saturated carbocycles. The van der Waals surface area contributed by atoms with Gasteiger partial charge in [0.1, 0.15) is 5.75 Å². The number of hydrogen-bond donors (Lipinski definition) is 2. The Hall–Kier alpha value is -3.93. The molecule has 4 aromatic rings. The summed E-state index contributed by atoms with van der Waals surface area (Å²) in [4.78, 5) is 21.2. The lowest BCUT2D eigenvalue weighted by Crippen LogP contribution is -2.12. The van der Waals surface area contributed by atoms with Crippen LogP contribution in [0.5, 0.6) is 5.75 Å². The van der Waals surface area contributed by atoms with Gasteiger partial charge in [0.15, 0.2) is 0 Å². The van der Waals surface area contributed by atoms with E-state index in [1.54, 1.807) is 37.7 Å². The number of carbonyl (C=O) groups is 1. The molecule has 2 aromatic carbocycles. The zero-order valence-electron chi connectivity index (χ0n) is 15.2. The third kappa shape index (κ3) is 3.76. The van der Waals surface area contributed by atoms with Crippen molar-refractivity contribution in [3.05, 3.63) is 84.8 Å². The lowest BCUT2D eigenvalue weighted by Gasteiger charge is -2.11. The quantitative estimate of drug-likeness (QED) is 0.535. The van der Waals surface area contributed by atoms with Gasteiger partial charge in [0.05, 0.1) is 35.8 Å². The van der Waals surface area contributed by atoms with E-state index in [1.807, 2.05) is 42.5 Å². The van der Waals surface area contributed by atoms with E-state index < -0.39 is 0 Å². The van der Waals surface area contributed by atoms with E-state index in [0.717, 1.165) is 16.6 Å². The highest BCUT2D eigenvalue weighted by atomic mass is 16.5. The smallest absolute Gasteiger partial charge is 0.257 e. The summed E-state index contributed by atoms with van der Waals surface area (Å²) >= 11 is 0. The predicted octanol–water partition coefficient (Wildman–Crippen LogP) is 4.63. The molecule has 0 spiro atoms. The number of pyridine rings is 2. The Balaban J connectivity index is 1.56. The highest BCUT2D eigenvalue weighted by Crippen LogP contribution is 2.25. The van der Waals surface area contributed by atoms with Gasteiger partial charge in [0.25, 0.3) is 5.91 Å². The zero-order valence-corrected chi connectivity index (χ0v) is 15.2. The van der Waals surface area contributed by atoms with Crippen LogP contribution in [0.1, 0.15) is 10.4 Å². The van der Waals surface area contributed by atoms with Crippen molar-refractivity contribution in [2.24, 2.45) is 0 Å². The third-order valence-electron chi connectivity index (χ3n) is 4.24. The maximum atomic E-state index is 12.6. The van der Waals surface area contributed by atoms with Crippen LogP contribution in [0, 0.1) is 0 Å². The molecule has 2 aromatic heterocycles. The fraction of sp³-hybridized carbons (Fsp3) is 0.0455. The Kier molecular flexibility index (Phi) is 4.84. The first-order valence-corrected chi connectivity index (χ1v) is 8.74. The molecule has 0 aliphatic carbocycles. The number of hydrogen-bond acceptors (Lipinski definition) is 5. The molecule has 1 amide bonds. The molecule has 6 nitrogen and oxygen atoms in total. The second-order valence-corrected chi connectivity index (χ2v) is 6.15. The first-order chi connectivity index (χ1) is 13.7. The standard InChI is InChI=1S/C22H18N4O2/c1-28-19-8-3-7-17(12-19)26-22(27)16-11-18(14-23-13-16)25-20-9-2-5-15-6-4-10-24-21(15)20/h2-14,25H,1H3,(H,26,27). The van der Waals surface area contributed by atoms with Crippen LogP contribution < -0.4 is 15.4 Å². The number of amides is 1. The number of nitrogens with zero attached hydrogens (tertiary/aromatic N) is 2. The van der Waals surface area contributed by atoms with Gasteiger partial charge < -0.3 is 15.4 Å². The van der Waals surface area contributed by atoms with Gasteiger partial charge in [-0.25, -0.2) is 0 Å². The molecule has 4 rings (SSSR count). The lowest BCUT2D eigenvalue weighted by atomic mass is 10.2. The third-order valence-corrected chi connectivity index (χ3v) is 4.24. The molecular weight excluding hydrogens is 352 g/mol. The van der Waals surface area contributed by atoms with E-state index in [0.29, 0.717) is 22.7 Å². The van der Waals surface area contributed by atoms with Crippen molar-refractivity contribution in [2.75, 3.05) is 17.7 Å². The topological polar surface area (TPSA) is 76.1 Å². The summed E-state index contributed by atoms with van der Waals surface area (Å²) in [5.41, 5.74) is 3.51. The first-order valence-electron chi connectivity index (χ1n) is 8.74. The summed E-state index contributed by atoms with van der Waals surface area (Å²) in [7, 11) is 1.59. The summed E-state index contributed by atoms with van der Waals surface area (Å²) in [5.74, 6) is 0.426. The molecule has 0 fully saturated rings. The first kappa shape index (κ1) is 17.5. The fourth-order valence-corrected chi connectivity index (χ4v) is 2.90. The molecule has 2 heterocycles. The van der Waals surface area contributed by atoms with Crippen molar-refractivity contribution in [3.63, 3.8) is 0 Å². The van der Waals surface area contributed by atoms with Crippen LogP contribution >= 0.6 is 0 Å². The summed E-state index contributed by atoms with van der Waals surface area (Å²) in [6.45, 7) is 0. The number of benzene rings is 2. The van der Waals surface area contributed by atoms with Crippen molar-refractivity contribution in [3.8, 4) is 5.75 Å². The molecule has 0 aliphatic heterocycles. The van der Waals surface area contributed by atoms with Crippen molar-refractivity contribution >= 4 is 33.9 Å². The Morgan fingerprint density at radius 3 is 2.71 bits per heavy atom. The number of anilines is 3. The number of ether oxygens (including phenoxy) is 1. The van der Waals surface area contributed by atoms with E-state index in [1.165, 1.54) is 6.20 Å². The summed E-state index contributed by atoms with van der Waals surface area (Å²) in [6.07, 6.45) is 4.95. The van der Waals surface area contributed by atoms with Crippen molar-refractivity contribution < 1.29 is 9.53 Å². The molecule has 0 radical (unpaired) electrons. The van der Waals surface area contributed by atoms with Crippen molar-refractivity contribution in [1.29, 1.82) is 0 Å². The lowest BCUT2D eigenvalue weighted by molar-refractivity contribution is 0.102. The van der Waals surface area contributed by atoms with E-state index in [-0.39, 0.29) is 5.91 Å². The Labute approximate surface area is 162 Å². The van der Waals surface area contributed by atoms with Crippen LogP contribution in [0.4, 0.5) is 17.1 Å². The molecule has 0 aliphatic rings. The van der Waals surface area contributed by atoms with E-state index in [2.05, 4.69) is 20.6 Å². The highest BCUT2D eigenvalue weighted by molar-refractivity contribution is 6.04. The fourth-order valence-electron chi connectivity index (χ4n) is 2.90. The number of carbonyl (C=O) groups excluding carboxylic acids is 1. The van der Waals surface area contributed by atoms with Crippen molar-refractivity contribution in [2.45, 2.75) is 0 Å². The molecule has 0 saturated heterocycles. The molecule has 0 atom stereocenters. The monoisotopic (exact) mass is 370 g/mol. The van der Waals surface area contributed by atoms with Crippen LogP contribution in [-0.2, 0) is 0 Å². The van der Waals surface area contributed by atoms with Gasteiger partial charge in [-0.05, 0) is 30.3 Å². The van der Waals surface area contributed by atoms with Gasteiger partial charge in [0.2, 0.25) is 0 Å². The zero-order chi connectivity index (χ0) is 19.3.